The molecule has 0 aliphatic carbocycles. The third kappa shape index (κ3) is 1.67. The van der Waals surface area contributed by atoms with Gasteiger partial charge in [0.25, 0.3) is 0 Å². The van der Waals surface area contributed by atoms with Crippen LogP contribution in [0.1, 0.15) is 31.7 Å². The minimum atomic E-state index is -0.519. The van der Waals surface area contributed by atoms with Crippen LogP contribution in [0.5, 0.6) is 0 Å². The molecule has 1 aromatic carbocycles. The molecule has 1 fully saturated rings. The second-order valence-electron chi connectivity index (χ2n) is 6.11. The van der Waals surface area contributed by atoms with Crippen LogP contribution in [-0.4, -0.2) is 36.9 Å². The quantitative estimate of drug-likeness (QED) is 0.825. The van der Waals surface area contributed by atoms with E-state index in [1.165, 1.54) is 0 Å². The molecule has 106 valence electrons. The molecule has 2 amide bonds. The number of amides is 2. The molecule has 2 aliphatic heterocycles. The van der Waals surface area contributed by atoms with E-state index in [9.17, 15) is 9.59 Å². The first-order chi connectivity index (χ1) is 9.45. The number of likely N-dealkylation sites (N-methyl/N-ethyl adjacent to an activating group) is 1. The van der Waals surface area contributed by atoms with Crippen LogP contribution >= 0.6 is 0 Å². The summed E-state index contributed by atoms with van der Waals surface area (Å²) in [5.41, 5.74) is 1.56. The van der Waals surface area contributed by atoms with Gasteiger partial charge in [0.15, 0.2) is 0 Å². The van der Waals surface area contributed by atoms with Crippen LogP contribution in [0.4, 0.5) is 5.69 Å². The van der Waals surface area contributed by atoms with E-state index in [0.29, 0.717) is 12.8 Å². The van der Waals surface area contributed by atoms with Crippen LogP contribution in [0.25, 0.3) is 0 Å². The van der Waals surface area contributed by atoms with Crippen molar-refractivity contribution in [1.82, 2.24) is 4.90 Å². The Balaban J connectivity index is 1.96. The standard InChI is InChI=1S/C16H20N2O2/c1-16(10-11-8-9-14(19)17(11)2)12-6-4-5-7-13(12)18(3)15(16)20/h4-7,11H,8-10H2,1-3H3. The largest absolute Gasteiger partial charge is 0.343 e. The van der Waals surface area contributed by atoms with E-state index in [0.717, 1.165) is 17.7 Å². The average molecular weight is 272 g/mol. The van der Waals surface area contributed by atoms with Crippen molar-refractivity contribution >= 4 is 17.5 Å². The van der Waals surface area contributed by atoms with Crippen LogP contribution in [0.15, 0.2) is 24.3 Å². The highest BCUT2D eigenvalue weighted by atomic mass is 16.2. The SMILES string of the molecule is CN1C(=O)C(C)(CC2CCC(=O)N2C)c2ccccc21. The van der Waals surface area contributed by atoms with E-state index in [4.69, 9.17) is 0 Å². The van der Waals surface area contributed by atoms with Crippen molar-refractivity contribution < 1.29 is 9.59 Å². The summed E-state index contributed by atoms with van der Waals surface area (Å²) in [4.78, 5) is 27.9. The first kappa shape index (κ1) is 13.2. The van der Waals surface area contributed by atoms with E-state index in [1.807, 2.05) is 45.3 Å². The molecule has 0 saturated carbocycles. The van der Waals surface area contributed by atoms with Gasteiger partial charge in [0, 0.05) is 32.2 Å². The van der Waals surface area contributed by atoms with Crippen LogP contribution in [0, 0.1) is 0 Å². The lowest BCUT2D eigenvalue weighted by Crippen LogP contribution is -2.42. The number of hydrogen-bond acceptors (Lipinski definition) is 2. The number of hydrogen-bond donors (Lipinski definition) is 0. The van der Waals surface area contributed by atoms with Crippen molar-refractivity contribution in [3.05, 3.63) is 29.8 Å². The van der Waals surface area contributed by atoms with Gasteiger partial charge in [-0.25, -0.2) is 0 Å². The first-order valence-electron chi connectivity index (χ1n) is 7.08. The lowest BCUT2D eigenvalue weighted by atomic mass is 9.78. The van der Waals surface area contributed by atoms with Crippen molar-refractivity contribution in [2.45, 2.75) is 37.6 Å². The van der Waals surface area contributed by atoms with Crippen molar-refractivity contribution in [2.75, 3.05) is 19.0 Å². The molecule has 0 radical (unpaired) electrons. The van der Waals surface area contributed by atoms with E-state index in [2.05, 4.69) is 0 Å². The van der Waals surface area contributed by atoms with E-state index >= 15 is 0 Å². The maximum atomic E-state index is 12.7. The van der Waals surface area contributed by atoms with Crippen LogP contribution in [0.3, 0.4) is 0 Å². The number of carbonyl (C=O) groups excluding carboxylic acids is 2. The summed E-state index contributed by atoms with van der Waals surface area (Å²) in [6.07, 6.45) is 2.16. The maximum Gasteiger partial charge on any atom is 0.237 e. The number of likely N-dealkylation sites (tertiary alicyclic amines) is 1. The third-order valence-corrected chi connectivity index (χ3v) is 4.91. The molecule has 1 aromatic rings. The van der Waals surface area contributed by atoms with Crippen molar-refractivity contribution in [3.8, 4) is 0 Å². The Morgan fingerprint density at radius 1 is 1.25 bits per heavy atom. The van der Waals surface area contributed by atoms with Gasteiger partial charge >= 0.3 is 0 Å². The normalized spacial score (nSPS) is 29.2. The topological polar surface area (TPSA) is 40.6 Å². The van der Waals surface area contributed by atoms with Gasteiger partial charge in [0.05, 0.1) is 5.41 Å². The molecule has 20 heavy (non-hydrogen) atoms. The van der Waals surface area contributed by atoms with Gasteiger partial charge in [-0.05, 0) is 31.4 Å². The molecular formula is C16H20N2O2. The molecule has 0 N–H and O–H groups in total. The summed E-state index contributed by atoms with van der Waals surface area (Å²) in [7, 11) is 3.67. The van der Waals surface area contributed by atoms with E-state index in [1.54, 1.807) is 9.80 Å². The molecule has 2 unspecified atom stereocenters. The van der Waals surface area contributed by atoms with Crippen molar-refractivity contribution in [3.63, 3.8) is 0 Å². The molecule has 3 rings (SSSR count). The molecule has 0 aromatic heterocycles. The molecule has 4 nitrogen and oxygen atoms in total. The fourth-order valence-electron chi connectivity index (χ4n) is 3.60. The zero-order chi connectivity index (χ0) is 14.5. The second-order valence-corrected chi connectivity index (χ2v) is 6.11. The number of anilines is 1. The van der Waals surface area contributed by atoms with Crippen LogP contribution < -0.4 is 4.90 Å². The minimum absolute atomic E-state index is 0.131. The molecular weight excluding hydrogens is 252 g/mol. The highest BCUT2D eigenvalue weighted by Crippen LogP contribution is 2.45. The summed E-state index contributed by atoms with van der Waals surface area (Å²) in [6.45, 7) is 2.01. The summed E-state index contributed by atoms with van der Waals surface area (Å²) in [5, 5.41) is 0. The molecule has 2 heterocycles. The Kier molecular flexibility index (Phi) is 2.85. The van der Waals surface area contributed by atoms with Crippen molar-refractivity contribution in [1.29, 1.82) is 0 Å². The van der Waals surface area contributed by atoms with Gasteiger partial charge in [-0.3, -0.25) is 9.59 Å². The zero-order valence-electron chi connectivity index (χ0n) is 12.2. The number of rotatable bonds is 2. The molecule has 0 spiro atoms. The first-order valence-corrected chi connectivity index (χ1v) is 7.08. The number of nitrogens with zero attached hydrogens (tertiary/aromatic N) is 2. The number of fused-ring (bicyclic) bond motifs is 1. The third-order valence-electron chi connectivity index (χ3n) is 4.91. The Hall–Kier alpha value is -1.84. The fraction of sp³-hybridized carbons (Fsp3) is 0.500. The summed E-state index contributed by atoms with van der Waals surface area (Å²) in [5.74, 6) is 0.317. The molecule has 0 bridgehead atoms. The zero-order valence-corrected chi connectivity index (χ0v) is 12.2. The van der Waals surface area contributed by atoms with Gasteiger partial charge in [-0.1, -0.05) is 18.2 Å². The average Bonchev–Trinajstić information content (AvgIpc) is 2.85. The molecule has 1 saturated heterocycles. The molecule has 2 atom stereocenters. The minimum Gasteiger partial charge on any atom is -0.343 e. The highest BCUT2D eigenvalue weighted by Gasteiger charge is 2.48. The van der Waals surface area contributed by atoms with Crippen LogP contribution in [0.2, 0.25) is 0 Å². The number of para-hydroxylation sites is 1. The second kappa shape index (κ2) is 4.33. The Morgan fingerprint density at radius 2 is 1.95 bits per heavy atom. The Labute approximate surface area is 119 Å². The van der Waals surface area contributed by atoms with Gasteiger partial charge in [-0.15, -0.1) is 0 Å². The predicted molar refractivity (Wildman–Crippen MR) is 77.6 cm³/mol. The lowest BCUT2D eigenvalue weighted by Gasteiger charge is -2.30. The highest BCUT2D eigenvalue weighted by molar-refractivity contribution is 6.07. The summed E-state index contributed by atoms with van der Waals surface area (Å²) >= 11 is 0. The van der Waals surface area contributed by atoms with Gasteiger partial charge in [0.2, 0.25) is 11.8 Å². The number of benzene rings is 1. The van der Waals surface area contributed by atoms with Crippen molar-refractivity contribution in [2.24, 2.45) is 0 Å². The summed E-state index contributed by atoms with van der Waals surface area (Å²) < 4.78 is 0. The Bertz CT molecular complexity index is 584. The lowest BCUT2D eigenvalue weighted by molar-refractivity contribution is -0.129. The summed E-state index contributed by atoms with van der Waals surface area (Å²) in [6, 6.07) is 8.12. The van der Waals surface area contributed by atoms with Gasteiger partial charge in [0.1, 0.15) is 0 Å². The monoisotopic (exact) mass is 272 g/mol. The Morgan fingerprint density at radius 3 is 2.60 bits per heavy atom. The smallest absolute Gasteiger partial charge is 0.237 e. The maximum absolute atomic E-state index is 12.7. The van der Waals surface area contributed by atoms with Gasteiger partial charge in [-0.2, -0.15) is 0 Å². The number of carbonyl (C=O) groups is 2. The molecule has 2 aliphatic rings. The van der Waals surface area contributed by atoms with Crippen LogP contribution in [-0.2, 0) is 15.0 Å². The fourth-order valence-corrected chi connectivity index (χ4v) is 3.60. The van der Waals surface area contributed by atoms with Gasteiger partial charge < -0.3 is 9.80 Å². The van der Waals surface area contributed by atoms with E-state index in [-0.39, 0.29) is 17.9 Å². The predicted octanol–water partition coefficient (Wildman–Crippen LogP) is 1.93. The molecule has 4 heteroatoms. The van der Waals surface area contributed by atoms with E-state index < -0.39 is 5.41 Å².